The Bertz CT molecular complexity index is 218. The van der Waals surface area contributed by atoms with Crippen molar-refractivity contribution in [3.8, 4) is 0 Å². The van der Waals surface area contributed by atoms with Gasteiger partial charge in [-0.3, -0.25) is 0 Å². The summed E-state index contributed by atoms with van der Waals surface area (Å²) in [7, 11) is 0. The molecule has 0 amide bonds. The average Bonchev–Trinajstić information content (AvgIpc) is 2.21. The molecule has 1 saturated heterocycles. The Morgan fingerprint density at radius 2 is 2.00 bits per heavy atom. The van der Waals surface area contributed by atoms with E-state index < -0.39 is 5.54 Å². The van der Waals surface area contributed by atoms with Crippen LogP contribution in [0.1, 0.15) is 40.5 Å². The van der Waals surface area contributed by atoms with Crippen molar-refractivity contribution in [1.82, 2.24) is 4.90 Å². The lowest BCUT2D eigenvalue weighted by Crippen LogP contribution is -2.49. The second kappa shape index (κ2) is 5.48. The molecular weight excluding hydrogens is 200 g/mol. The maximum Gasteiger partial charge on any atom is 0.0608 e. The number of hydrogen-bond acceptors (Lipinski definition) is 3. The predicted octanol–water partition coefficient (Wildman–Crippen LogP) is 1.45. The normalized spacial score (nSPS) is 36.0. The van der Waals surface area contributed by atoms with Crippen molar-refractivity contribution in [2.75, 3.05) is 19.7 Å². The minimum atomic E-state index is -0.427. The molecule has 1 aliphatic heterocycles. The highest BCUT2D eigenvalue weighted by atomic mass is 16.3. The fraction of sp³-hybridized carbons (Fsp3) is 1.00. The monoisotopic (exact) mass is 228 g/mol. The Labute approximate surface area is 100 Å². The summed E-state index contributed by atoms with van der Waals surface area (Å²) in [4.78, 5) is 2.53. The van der Waals surface area contributed by atoms with E-state index >= 15 is 0 Å². The molecule has 1 rings (SSSR count). The van der Waals surface area contributed by atoms with Gasteiger partial charge < -0.3 is 15.7 Å². The molecule has 0 radical (unpaired) electrons. The van der Waals surface area contributed by atoms with Gasteiger partial charge in [-0.05, 0) is 38.5 Å². The minimum Gasteiger partial charge on any atom is -0.394 e. The summed E-state index contributed by atoms with van der Waals surface area (Å²) in [6.07, 6.45) is 2.20. The van der Waals surface area contributed by atoms with Crippen LogP contribution in [-0.2, 0) is 0 Å². The van der Waals surface area contributed by atoms with E-state index in [0.29, 0.717) is 6.04 Å². The molecule has 4 atom stereocenters. The van der Waals surface area contributed by atoms with Gasteiger partial charge >= 0.3 is 0 Å². The summed E-state index contributed by atoms with van der Waals surface area (Å²) in [5.41, 5.74) is 5.54. The lowest BCUT2D eigenvalue weighted by atomic mass is 9.85. The van der Waals surface area contributed by atoms with Crippen molar-refractivity contribution < 1.29 is 5.11 Å². The number of nitrogens with two attached hydrogens (primary N) is 1. The molecule has 0 aromatic rings. The highest BCUT2D eigenvalue weighted by Crippen LogP contribution is 2.27. The van der Waals surface area contributed by atoms with Crippen molar-refractivity contribution in [2.24, 2.45) is 17.6 Å². The van der Waals surface area contributed by atoms with Gasteiger partial charge in [0, 0.05) is 24.7 Å². The molecule has 0 spiro atoms. The fourth-order valence-corrected chi connectivity index (χ4v) is 2.61. The maximum atomic E-state index is 9.15. The van der Waals surface area contributed by atoms with E-state index in [-0.39, 0.29) is 6.61 Å². The van der Waals surface area contributed by atoms with Crippen molar-refractivity contribution in [3.05, 3.63) is 0 Å². The topological polar surface area (TPSA) is 49.5 Å². The number of rotatable bonds is 4. The smallest absolute Gasteiger partial charge is 0.0608 e. The third-order valence-electron chi connectivity index (χ3n) is 4.05. The number of hydrogen-bond donors (Lipinski definition) is 2. The summed E-state index contributed by atoms with van der Waals surface area (Å²) in [6.45, 7) is 11.1. The van der Waals surface area contributed by atoms with Crippen molar-refractivity contribution in [1.29, 1.82) is 0 Å². The summed E-state index contributed by atoms with van der Waals surface area (Å²) in [5, 5.41) is 9.15. The van der Waals surface area contributed by atoms with Gasteiger partial charge in [0.2, 0.25) is 0 Å². The summed E-state index contributed by atoms with van der Waals surface area (Å²) >= 11 is 0. The van der Waals surface area contributed by atoms with Crippen LogP contribution in [0.4, 0.5) is 0 Å². The van der Waals surface area contributed by atoms with Crippen LogP contribution < -0.4 is 5.73 Å². The Kier molecular flexibility index (Phi) is 4.77. The van der Waals surface area contributed by atoms with Crippen LogP contribution in [0.25, 0.3) is 0 Å². The van der Waals surface area contributed by atoms with E-state index in [1.165, 1.54) is 13.0 Å². The Morgan fingerprint density at radius 1 is 1.38 bits per heavy atom. The second-order valence-corrected chi connectivity index (χ2v) is 6.12. The molecule has 0 aliphatic carbocycles. The minimum absolute atomic E-state index is 0.0698. The van der Waals surface area contributed by atoms with Gasteiger partial charge in [-0.2, -0.15) is 0 Å². The predicted molar refractivity (Wildman–Crippen MR) is 68.3 cm³/mol. The van der Waals surface area contributed by atoms with Gasteiger partial charge in [0.25, 0.3) is 0 Å². The van der Waals surface area contributed by atoms with Crippen LogP contribution in [0.2, 0.25) is 0 Å². The first kappa shape index (κ1) is 13.9. The Balaban J connectivity index is 2.46. The van der Waals surface area contributed by atoms with Crippen LogP contribution >= 0.6 is 0 Å². The number of nitrogens with zero attached hydrogens (tertiary/aromatic N) is 1. The maximum absolute atomic E-state index is 9.15. The largest absolute Gasteiger partial charge is 0.394 e. The molecule has 3 heteroatoms. The molecule has 0 aromatic heterocycles. The first-order valence-electron chi connectivity index (χ1n) is 6.49. The lowest BCUT2D eigenvalue weighted by Gasteiger charge is -2.42. The lowest BCUT2D eigenvalue weighted by molar-refractivity contribution is 0.0677. The zero-order valence-corrected chi connectivity index (χ0v) is 11.2. The van der Waals surface area contributed by atoms with E-state index in [9.17, 15) is 0 Å². The fourth-order valence-electron chi connectivity index (χ4n) is 2.61. The molecule has 4 unspecified atom stereocenters. The van der Waals surface area contributed by atoms with Crippen LogP contribution in [-0.4, -0.2) is 41.3 Å². The zero-order valence-electron chi connectivity index (χ0n) is 11.2. The van der Waals surface area contributed by atoms with Crippen molar-refractivity contribution in [2.45, 2.75) is 52.1 Å². The van der Waals surface area contributed by atoms with E-state index in [1.54, 1.807) is 0 Å². The number of aliphatic hydroxyl groups excluding tert-OH is 1. The number of aliphatic hydroxyl groups is 1. The Hall–Kier alpha value is -0.120. The molecule has 1 aliphatic rings. The highest BCUT2D eigenvalue weighted by Gasteiger charge is 2.29. The van der Waals surface area contributed by atoms with E-state index in [1.807, 2.05) is 6.92 Å². The van der Waals surface area contributed by atoms with Gasteiger partial charge in [-0.1, -0.05) is 13.8 Å². The zero-order chi connectivity index (χ0) is 12.3. The van der Waals surface area contributed by atoms with Crippen molar-refractivity contribution in [3.63, 3.8) is 0 Å². The van der Waals surface area contributed by atoms with Gasteiger partial charge in [0.1, 0.15) is 0 Å². The second-order valence-electron chi connectivity index (χ2n) is 6.12. The third kappa shape index (κ3) is 3.72. The van der Waals surface area contributed by atoms with Crippen LogP contribution in [0.3, 0.4) is 0 Å². The highest BCUT2D eigenvalue weighted by molar-refractivity contribution is 4.85. The van der Waals surface area contributed by atoms with E-state index in [0.717, 1.165) is 24.8 Å². The van der Waals surface area contributed by atoms with Gasteiger partial charge in [-0.25, -0.2) is 0 Å². The molecular formula is C13H28N2O. The van der Waals surface area contributed by atoms with Crippen LogP contribution in [0.5, 0.6) is 0 Å². The summed E-state index contributed by atoms with van der Waals surface area (Å²) in [6, 6.07) is 0.644. The SMILES string of the molecule is CC1CC(C)C(C)N(CCC(C)(N)CO)C1. The van der Waals surface area contributed by atoms with Gasteiger partial charge in [0.15, 0.2) is 0 Å². The number of likely N-dealkylation sites (tertiary alicyclic amines) is 1. The number of piperidine rings is 1. The van der Waals surface area contributed by atoms with Gasteiger partial charge in [-0.15, -0.1) is 0 Å². The molecule has 1 fully saturated rings. The molecule has 3 N–H and O–H groups in total. The van der Waals surface area contributed by atoms with Crippen molar-refractivity contribution >= 4 is 0 Å². The average molecular weight is 228 g/mol. The summed E-state index contributed by atoms with van der Waals surface area (Å²) in [5.74, 6) is 1.55. The first-order valence-corrected chi connectivity index (χ1v) is 6.49. The molecule has 16 heavy (non-hydrogen) atoms. The first-order chi connectivity index (χ1) is 7.35. The quantitative estimate of drug-likeness (QED) is 0.766. The van der Waals surface area contributed by atoms with E-state index in [2.05, 4.69) is 25.7 Å². The summed E-state index contributed by atoms with van der Waals surface area (Å²) < 4.78 is 0. The van der Waals surface area contributed by atoms with E-state index in [4.69, 9.17) is 10.8 Å². The third-order valence-corrected chi connectivity index (χ3v) is 4.05. The molecule has 3 nitrogen and oxygen atoms in total. The molecule has 0 aromatic carbocycles. The standard InChI is InChI=1S/C13H28N2O/c1-10-7-11(2)12(3)15(8-10)6-5-13(4,14)9-16/h10-12,16H,5-9,14H2,1-4H3. The van der Waals surface area contributed by atoms with Crippen LogP contribution in [0, 0.1) is 11.8 Å². The molecule has 96 valence electrons. The molecule has 0 bridgehead atoms. The van der Waals surface area contributed by atoms with Gasteiger partial charge in [0.05, 0.1) is 6.61 Å². The molecule has 1 heterocycles. The van der Waals surface area contributed by atoms with Crippen LogP contribution in [0.15, 0.2) is 0 Å². The Morgan fingerprint density at radius 3 is 2.56 bits per heavy atom. The molecule has 0 saturated carbocycles.